The van der Waals surface area contributed by atoms with E-state index in [1.54, 1.807) is 31.4 Å². The Morgan fingerprint density at radius 3 is 2.41 bits per heavy atom. The average molecular weight is 340 g/mol. The van der Waals surface area contributed by atoms with E-state index in [9.17, 15) is 13.2 Å². The van der Waals surface area contributed by atoms with Crippen LogP contribution in [0.1, 0.15) is 12.5 Å². The van der Waals surface area contributed by atoms with E-state index in [0.29, 0.717) is 0 Å². The number of rotatable bonds is 6. The Morgan fingerprint density at radius 2 is 1.95 bits per heavy atom. The number of hydrogen-bond donors (Lipinski definition) is 1. The molecule has 0 saturated carbocycles. The van der Waals surface area contributed by atoms with Gasteiger partial charge < -0.3 is 4.74 Å². The van der Waals surface area contributed by atoms with E-state index < -0.39 is 16.0 Å². The average Bonchev–Trinajstić information content (AvgIpc) is 2.47. The van der Waals surface area contributed by atoms with Gasteiger partial charge in [0.2, 0.25) is 0 Å². The van der Waals surface area contributed by atoms with Crippen molar-refractivity contribution in [2.24, 2.45) is 0 Å². The van der Waals surface area contributed by atoms with E-state index in [1.807, 2.05) is 6.92 Å². The third-order valence-electron chi connectivity index (χ3n) is 2.58. The number of nitrogens with zero attached hydrogens (tertiary/aromatic N) is 1. The predicted octanol–water partition coefficient (Wildman–Crippen LogP) is 1.93. The second-order valence-electron chi connectivity index (χ2n) is 4.16. The lowest BCUT2D eigenvalue weighted by molar-refractivity contribution is -0.138. The maximum absolute atomic E-state index is 12.3. The van der Waals surface area contributed by atoms with Gasteiger partial charge in [0.25, 0.3) is 10.0 Å². The summed E-state index contributed by atoms with van der Waals surface area (Å²) in [5.74, 6) is -0.860. The van der Waals surface area contributed by atoms with Crippen LogP contribution in [-0.2, 0) is 19.6 Å². The van der Waals surface area contributed by atoms with Gasteiger partial charge in [0, 0.05) is 0 Å². The van der Waals surface area contributed by atoms with Gasteiger partial charge in [-0.25, -0.2) is 13.2 Å². The minimum Gasteiger partial charge on any atom is -0.462 e. The lowest BCUT2D eigenvalue weighted by Crippen LogP contribution is -2.24. The van der Waals surface area contributed by atoms with Crippen molar-refractivity contribution in [1.82, 2.24) is 4.72 Å². The summed E-state index contributed by atoms with van der Waals surface area (Å²) >= 11 is 0.947. The first-order chi connectivity index (χ1) is 10.4. The largest absolute Gasteiger partial charge is 0.462 e. The molecule has 1 aromatic carbocycles. The van der Waals surface area contributed by atoms with Crippen LogP contribution in [0.15, 0.2) is 39.8 Å². The van der Waals surface area contributed by atoms with Crippen LogP contribution in [0, 0.1) is 18.3 Å². The first-order valence-corrected chi connectivity index (χ1v) is 9.01. The molecular weight excluding hydrogens is 324 g/mol. The van der Waals surface area contributed by atoms with Crippen molar-refractivity contribution < 1.29 is 17.9 Å². The monoisotopic (exact) mass is 340 g/mol. The van der Waals surface area contributed by atoms with Crippen molar-refractivity contribution >= 4 is 27.8 Å². The van der Waals surface area contributed by atoms with Gasteiger partial charge >= 0.3 is 5.97 Å². The summed E-state index contributed by atoms with van der Waals surface area (Å²) in [6, 6.07) is 7.90. The molecule has 6 nitrogen and oxygen atoms in total. The van der Waals surface area contributed by atoms with Crippen molar-refractivity contribution in [3.63, 3.8) is 0 Å². The van der Waals surface area contributed by atoms with E-state index >= 15 is 0 Å². The van der Waals surface area contributed by atoms with Crippen molar-refractivity contribution in [2.45, 2.75) is 18.7 Å². The molecular formula is C14H16N2O4S2. The van der Waals surface area contributed by atoms with E-state index in [0.717, 1.165) is 17.3 Å². The van der Waals surface area contributed by atoms with Crippen LogP contribution in [0.5, 0.6) is 0 Å². The van der Waals surface area contributed by atoms with Gasteiger partial charge in [-0.15, -0.1) is 11.8 Å². The molecule has 0 saturated heterocycles. The highest BCUT2D eigenvalue weighted by atomic mass is 32.2. The van der Waals surface area contributed by atoms with E-state index in [4.69, 9.17) is 10.00 Å². The maximum atomic E-state index is 12.3. The van der Waals surface area contributed by atoms with Crippen molar-refractivity contribution in [1.29, 1.82) is 5.26 Å². The molecule has 0 radical (unpaired) electrons. The molecule has 1 N–H and O–H groups in total. The minimum absolute atomic E-state index is 0.0470. The summed E-state index contributed by atoms with van der Waals surface area (Å²) in [5, 5.41) is 9.00. The number of ether oxygens (including phenoxy) is 1. The standard InChI is InChI=1S/C14H16N2O4S2/c1-4-20-14(17)12(9-15)13(21-3)16-22(18,19)11-7-5-10(2)6-8-11/h5-8,16H,4H2,1-3H3. The molecule has 0 aliphatic carbocycles. The number of carbonyl (C=O) groups is 1. The third-order valence-corrected chi connectivity index (χ3v) is 4.79. The zero-order valence-corrected chi connectivity index (χ0v) is 14.0. The highest BCUT2D eigenvalue weighted by molar-refractivity contribution is 8.03. The van der Waals surface area contributed by atoms with E-state index in [1.165, 1.54) is 12.1 Å². The lowest BCUT2D eigenvalue weighted by atomic mass is 10.2. The summed E-state index contributed by atoms with van der Waals surface area (Å²) < 4.78 is 31.6. The Kier molecular flexibility index (Phi) is 6.46. The Morgan fingerprint density at radius 1 is 1.36 bits per heavy atom. The fraction of sp³-hybridized carbons (Fsp3) is 0.286. The van der Waals surface area contributed by atoms with Gasteiger partial charge in [-0.1, -0.05) is 17.7 Å². The Balaban J connectivity index is 3.19. The maximum Gasteiger partial charge on any atom is 0.351 e. The number of hydrogen-bond acceptors (Lipinski definition) is 6. The van der Waals surface area contributed by atoms with Crippen molar-refractivity contribution in [2.75, 3.05) is 12.9 Å². The van der Waals surface area contributed by atoms with Crippen molar-refractivity contribution in [3.8, 4) is 6.07 Å². The molecule has 0 amide bonds. The smallest absolute Gasteiger partial charge is 0.351 e. The fourth-order valence-corrected chi connectivity index (χ4v) is 3.44. The second-order valence-corrected chi connectivity index (χ2v) is 6.66. The highest BCUT2D eigenvalue weighted by Gasteiger charge is 2.22. The fourth-order valence-electron chi connectivity index (χ4n) is 1.49. The number of aryl methyl sites for hydroxylation is 1. The normalized spacial score (nSPS) is 12.1. The first-order valence-electron chi connectivity index (χ1n) is 6.30. The number of esters is 1. The van der Waals surface area contributed by atoms with Gasteiger partial charge in [-0.05, 0) is 32.2 Å². The number of benzene rings is 1. The van der Waals surface area contributed by atoms with Crippen LogP contribution in [-0.4, -0.2) is 27.2 Å². The van der Waals surface area contributed by atoms with Gasteiger partial charge in [-0.3, -0.25) is 4.72 Å². The van der Waals surface area contributed by atoms with Crippen LogP contribution >= 0.6 is 11.8 Å². The predicted molar refractivity (Wildman–Crippen MR) is 84.3 cm³/mol. The zero-order valence-electron chi connectivity index (χ0n) is 12.4. The number of sulfonamides is 1. The third kappa shape index (κ3) is 4.51. The Hall–Kier alpha value is -1.98. The van der Waals surface area contributed by atoms with Crippen molar-refractivity contribution in [3.05, 3.63) is 40.4 Å². The molecule has 1 aromatic rings. The molecule has 118 valence electrons. The quantitative estimate of drug-likeness (QED) is 0.483. The Bertz CT molecular complexity index is 716. The molecule has 0 aliphatic rings. The van der Waals surface area contributed by atoms with Gasteiger partial charge in [0.15, 0.2) is 5.57 Å². The summed E-state index contributed by atoms with van der Waals surface area (Å²) in [6.45, 7) is 3.53. The number of carbonyl (C=O) groups excluding carboxylic acids is 1. The van der Waals surface area contributed by atoms with Crippen LogP contribution in [0.25, 0.3) is 0 Å². The summed E-state index contributed by atoms with van der Waals surface area (Å²) in [7, 11) is -3.88. The van der Waals surface area contributed by atoms with E-state index in [2.05, 4.69) is 4.72 Å². The molecule has 8 heteroatoms. The molecule has 0 aromatic heterocycles. The van der Waals surface area contributed by atoms with Gasteiger partial charge in [0.1, 0.15) is 11.1 Å². The highest BCUT2D eigenvalue weighted by Crippen LogP contribution is 2.19. The number of nitriles is 1. The van der Waals surface area contributed by atoms with Crippen LogP contribution in [0.4, 0.5) is 0 Å². The molecule has 0 atom stereocenters. The first kappa shape index (κ1) is 18.1. The minimum atomic E-state index is -3.88. The lowest BCUT2D eigenvalue weighted by Gasteiger charge is -2.11. The molecule has 0 heterocycles. The molecule has 1 rings (SSSR count). The molecule has 22 heavy (non-hydrogen) atoms. The van der Waals surface area contributed by atoms with Gasteiger partial charge in [-0.2, -0.15) is 5.26 Å². The van der Waals surface area contributed by atoms with Crippen LogP contribution in [0.2, 0.25) is 0 Å². The molecule has 0 bridgehead atoms. The Labute approximate surface area is 134 Å². The topological polar surface area (TPSA) is 96.3 Å². The van der Waals surface area contributed by atoms with E-state index in [-0.39, 0.29) is 22.1 Å². The van der Waals surface area contributed by atoms with Crippen LogP contribution < -0.4 is 4.72 Å². The molecule has 0 unspecified atom stereocenters. The van der Waals surface area contributed by atoms with Gasteiger partial charge in [0.05, 0.1) is 11.5 Å². The zero-order chi connectivity index (χ0) is 16.8. The molecule has 0 aliphatic heterocycles. The number of thioether (sulfide) groups is 1. The number of nitrogens with one attached hydrogen (secondary N) is 1. The molecule has 0 fully saturated rings. The summed E-state index contributed by atoms with van der Waals surface area (Å²) in [5.41, 5.74) is 0.550. The molecule has 0 spiro atoms. The summed E-state index contributed by atoms with van der Waals surface area (Å²) in [6.07, 6.45) is 1.56. The van der Waals surface area contributed by atoms with Crippen LogP contribution in [0.3, 0.4) is 0 Å². The summed E-state index contributed by atoms with van der Waals surface area (Å²) in [4.78, 5) is 11.7. The SMILES string of the molecule is CCOC(=O)C(C#N)=C(NS(=O)(=O)c1ccc(C)cc1)SC. The second kappa shape index (κ2) is 7.87.